The monoisotopic (exact) mass is 149 g/mol. The van der Waals surface area contributed by atoms with E-state index < -0.39 is 15.8 Å². The summed E-state index contributed by atoms with van der Waals surface area (Å²) in [6.45, 7) is 0. The highest BCUT2D eigenvalue weighted by Crippen LogP contribution is 2.09. The molecule has 0 aromatic carbocycles. The highest BCUT2D eigenvalue weighted by atomic mass is 19.2. The first kappa shape index (κ1) is 8.22. The Morgan fingerprint density at radius 1 is 1.40 bits per heavy atom. The molecule has 0 aromatic heterocycles. The van der Waals surface area contributed by atoms with Gasteiger partial charge in [-0.15, -0.1) is 0 Å². The van der Waals surface area contributed by atoms with Gasteiger partial charge >= 0.3 is 5.92 Å². The largest absolute Gasteiger partial charge is 0.708 e. The quantitative estimate of drug-likeness (QED) is 0.231. The third-order valence-electron chi connectivity index (χ3n) is 0.626. The fourth-order valence-electron chi connectivity index (χ4n) is 0.148. The van der Waals surface area contributed by atoms with Crippen molar-refractivity contribution in [3.8, 4) is 6.07 Å². The van der Waals surface area contributed by atoms with Crippen LogP contribution in [0.15, 0.2) is 0 Å². The molecule has 0 N–H and O–H groups in total. The van der Waals surface area contributed by atoms with Gasteiger partial charge in [-0.2, -0.15) is 5.26 Å². The fraction of sp³-hybridized carbons (Fsp3) is 0.500. The SMILES string of the molecule is N#CC(F)([N+](=O)[O-])[N+](=O)[O-]. The van der Waals surface area contributed by atoms with Crippen molar-refractivity contribution in [2.75, 3.05) is 0 Å². The molecule has 0 aliphatic heterocycles. The average Bonchev–Trinajstić information content (AvgIpc) is 1.85. The first-order chi connectivity index (χ1) is 4.45. The zero-order chi connectivity index (χ0) is 8.36. The number of nitro groups is 2. The summed E-state index contributed by atoms with van der Waals surface area (Å²) < 4.78 is 12.0. The Bertz CT molecular complexity index is 205. The van der Waals surface area contributed by atoms with Crippen molar-refractivity contribution >= 4 is 0 Å². The smallest absolute Gasteiger partial charge is 0.255 e. The molecule has 0 aliphatic carbocycles. The number of rotatable bonds is 2. The maximum Gasteiger partial charge on any atom is 0.708 e. The fourth-order valence-corrected chi connectivity index (χ4v) is 0.148. The molecule has 0 saturated carbocycles. The summed E-state index contributed by atoms with van der Waals surface area (Å²) in [7, 11) is 0. The first-order valence-electron chi connectivity index (χ1n) is 1.84. The zero-order valence-corrected chi connectivity index (χ0v) is 4.35. The van der Waals surface area contributed by atoms with E-state index in [1.165, 1.54) is 0 Å². The predicted molar refractivity (Wildman–Crippen MR) is 23.4 cm³/mol. The van der Waals surface area contributed by atoms with Gasteiger partial charge in [0.1, 0.15) is 0 Å². The van der Waals surface area contributed by atoms with E-state index in [4.69, 9.17) is 5.26 Å². The number of nitriles is 1. The van der Waals surface area contributed by atoms with E-state index in [-0.39, 0.29) is 0 Å². The Morgan fingerprint density at radius 3 is 1.70 bits per heavy atom. The Balaban J connectivity index is 4.78. The number of alkyl halides is 1. The Labute approximate surface area is 53.0 Å². The summed E-state index contributed by atoms with van der Waals surface area (Å²) in [5, 5.41) is 26.5. The molecular formula is C2FN3O4. The van der Waals surface area contributed by atoms with Gasteiger partial charge in [0, 0.05) is 0 Å². The molecule has 0 unspecified atom stereocenters. The molecule has 10 heavy (non-hydrogen) atoms. The van der Waals surface area contributed by atoms with Crippen LogP contribution in [0, 0.1) is 31.6 Å². The molecule has 0 rings (SSSR count). The van der Waals surface area contributed by atoms with Gasteiger partial charge in [0.2, 0.25) is 0 Å². The number of halogens is 1. The molecule has 0 aromatic rings. The second-order valence-electron chi connectivity index (χ2n) is 1.21. The molecule has 7 nitrogen and oxygen atoms in total. The van der Waals surface area contributed by atoms with E-state index in [9.17, 15) is 24.6 Å². The molecular weight excluding hydrogens is 149 g/mol. The third kappa shape index (κ3) is 0.970. The van der Waals surface area contributed by atoms with Crippen LogP contribution in [0.5, 0.6) is 0 Å². The van der Waals surface area contributed by atoms with Crippen molar-refractivity contribution < 1.29 is 14.2 Å². The van der Waals surface area contributed by atoms with E-state index in [2.05, 4.69) is 0 Å². The highest BCUT2D eigenvalue weighted by molar-refractivity contribution is 4.81. The molecule has 0 radical (unpaired) electrons. The van der Waals surface area contributed by atoms with Crippen LogP contribution in [-0.4, -0.2) is 15.8 Å². The van der Waals surface area contributed by atoms with Crippen molar-refractivity contribution in [3.05, 3.63) is 20.2 Å². The minimum Gasteiger partial charge on any atom is -0.255 e. The van der Waals surface area contributed by atoms with Gasteiger partial charge in [-0.1, -0.05) is 4.39 Å². The van der Waals surface area contributed by atoms with E-state index in [1.807, 2.05) is 0 Å². The third-order valence-corrected chi connectivity index (χ3v) is 0.626. The second-order valence-corrected chi connectivity index (χ2v) is 1.21. The van der Waals surface area contributed by atoms with Gasteiger partial charge in [-0.25, -0.2) is 0 Å². The lowest BCUT2D eigenvalue weighted by atomic mass is 10.5. The van der Waals surface area contributed by atoms with E-state index in [0.717, 1.165) is 0 Å². The van der Waals surface area contributed by atoms with E-state index in [0.29, 0.717) is 6.07 Å². The van der Waals surface area contributed by atoms with Crippen molar-refractivity contribution in [2.24, 2.45) is 0 Å². The van der Waals surface area contributed by atoms with Gasteiger partial charge < -0.3 is 0 Å². The van der Waals surface area contributed by atoms with Gasteiger partial charge in [0.25, 0.3) is 6.07 Å². The normalized spacial score (nSPS) is 10.0. The lowest BCUT2D eigenvalue weighted by molar-refractivity contribution is -0.811. The van der Waals surface area contributed by atoms with Crippen LogP contribution >= 0.6 is 0 Å². The van der Waals surface area contributed by atoms with Crippen LogP contribution < -0.4 is 0 Å². The van der Waals surface area contributed by atoms with E-state index >= 15 is 0 Å². The maximum absolute atomic E-state index is 12.0. The molecule has 0 spiro atoms. The molecule has 54 valence electrons. The molecule has 0 saturated heterocycles. The summed E-state index contributed by atoms with van der Waals surface area (Å²) in [5.74, 6) is -4.21. The molecule has 0 atom stereocenters. The van der Waals surface area contributed by atoms with E-state index in [1.54, 1.807) is 0 Å². The number of hydrogen-bond acceptors (Lipinski definition) is 5. The van der Waals surface area contributed by atoms with Crippen LogP contribution in [0.25, 0.3) is 0 Å². The molecule has 0 aliphatic rings. The van der Waals surface area contributed by atoms with Crippen molar-refractivity contribution in [1.29, 1.82) is 5.26 Å². The lowest BCUT2D eigenvalue weighted by Gasteiger charge is -1.95. The van der Waals surface area contributed by atoms with Gasteiger partial charge in [-0.3, -0.25) is 20.2 Å². The maximum atomic E-state index is 12.0. The standard InChI is InChI=1S/C2FN3O4/c3-2(1-4,5(7)8)6(9)10. The van der Waals surface area contributed by atoms with Crippen molar-refractivity contribution in [2.45, 2.75) is 5.92 Å². The summed E-state index contributed by atoms with van der Waals surface area (Å²) in [6.07, 6.45) is 0. The Kier molecular flexibility index (Phi) is 1.82. The van der Waals surface area contributed by atoms with Crippen LogP contribution in [0.3, 0.4) is 0 Å². The van der Waals surface area contributed by atoms with Crippen LogP contribution in [-0.2, 0) is 0 Å². The Hall–Kier alpha value is -1.78. The number of hydrogen-bond donors (Lipinski definition) is 0. The van der Waals surface area contributed by atoms with Crippen LogP contribution in [0.4, 0.5) is 4.39 Å². The van der Waals surface area contributed by atoms with Crippen molar-refractivity contribution in [3.63, 3.8) is 0 Å². The minimum atomic E-state index is -4.21. The summed E-state index contributed by atoms with van der Waals surface area (Å²) >= 11 is 0. The molecule has 8 heteroatoms. The average molecular weight is 149 g/mol. The van der Waals surface area contributed by atoms with Crippen LogP contribution in [0.2, 0.25) is 0 Å². The topological polar surface area (TPSA) is 110 Å². The molecule has 0 heterocycles. The summed E-state index contributed by atoms with van der Waals surface area (Å²) in [5.41, 5.74) is 0. The molecule has 0 amide bonds. The second kappa shape index (κ2) is 2.22. The Morgan fingerprint density at radius 2 is 1.70 bits per heavy atom. The van der Waals surface area contributed by atoms with Gasteiger partial charge in [0.05, 0.1) is 0 Å². The molecule has 0 fully saturated rings. The zero-order valence-electron chi connectivity index (χ0n) is 4.35. The van der Waals surface area contributed by atoms with Crippen molar-refractivity contribution in [1.82, 2.24) is 0 Å². The van der Waals surface area contributed by atoms with Gasteiger partial charge in [-0.05, 0) is 0 Å². The molecule has 0 bridgehead atoms. The first-order valence-corrected chi connectivity index (χ1v) is 1.84. The lowest BCUT2D eigenvalue weighted by Crippen LogP contribution is -2.39. The number of nitrogens with zero attached hydrogens (tertiary/aromatic N) is 3. The van der Waals surface area contributed by atoms with Crippen LogP contribution in [0.1, 0.15) is 0 Å². The van der Waals surface area contributed by atoms with Gasteiger partial charge in [0.15, 0.2) is 9.85 Å². The summed E-state index contributed by atoms with van der Waals surface area (Å²) in [6, 6.07) is 0.312. The highest BCUT2D eigenvalue weighted by Gasteiger charge is 2.59. The predicted octanol–water partition coefficient (Wildman–Crippen LogP) is -0.313. The summed E-state index contributed by atoms with van der Waals surface area (Å²) in [4.78, 5) is 15.1. The minimum absolute atomic E-state index is 0.312.